The van der Waals surface area contributed by atoms with Gasteiger partial charge in [-0.2, -0.15) is 0 Å². The van der Waals surface area contributed by atoms with Crippen LogP contribution in [0.25, 0.3) is 11.3 Å². The highest BCUT2D eigenvalue weighted by atomic mass is 35.5. The fourth-order valence-electron chi connectivity index (χ4n) is 4.13. The molecule has 31 heavy (non-hydrogen) atoms. The number of aromatic nitrogens is 3. The van der Waals surface area contributed by atoms with Gasteiger partial charge in [-0.15, -0.1) is 11.7 Å². The first-order valence-corrected chi connectivity index (χ1v) is 10.3. The van der Waals surface area contributed by atoms with Crippen LogP contribution in [0.4, 0.5) is 8.78 Å². The molecule has 5 atom stereocenters. The Morgan fingerprint density at radius 3 is 2.71 bits per heavy atom. The first-order chi connectivity index (χ1) is 14.7. The lowest BCUT2D eigenvalue weighted by molar-refractivity contribution is -0.349. The van der Waals surface area contributed by atoms with E-state index < -0.39 is 40.7 Å². The fraction of sp³-hybridized carbons (Fsp3) is 0.524. The highest BCUT2D eigenvalue weighted by Gasteiger charge is 2.52. The van der Waals surface area contributed by atoms with Crippen LogP contribution in [0, 0.1) is 11.6 Å². The minimum atomic E-state index is -0.868. The van der Waals surface area contributed by atoms with Crippen molar-refractivity contribution in [1.29, 1.82) is 0 Å². The summed E-state index contributed by atoms with van der Waals surface area (Å²) in [6, 6.07) is 1.82. The van der Waals surface area contributed by atoms with Crippen molar-refractivity contribution in [3.8, 4) is 11.3 Å². The average Bonchev–Trinajstić information content (AvgIpc) is 3.20. The van der Waals surface area contributed by atoms with Crippen LogP contribution in [0.1, 0.15) is 26.3 Å². The highest BCUT2D eigenvalue weighted by Crippen LogP contribution is 2.40. The van der Waals surface area contributed by atoms with E-state index in [1.807, 2.05) is 13.8 Å². The molecule has 168 valence electrons. The van der Waals surface area contributed by atoms with Crippen LogP contribution < -0.4 is 0 Å². The van der Waals surface area contributed by atoms with E-state index in [1.54, 1.807) is 24.1 Å². The Morgan fingerprint density at radius 1 is 1.35 bits per heavy atom. The number of methoxy groups -OCH3 is 1. The normalized spacial score (nSPS) is 30.1. The molecule has 0 spiro atoms. The summed E-state index contributed by atoms with van der Waals surface area (Å²) in [4.78, 5) is 0. The third-order valence-corrected chi connectivity index (χ3v) is 5.90. The van der Waals surface area contributed by atoms with Gasteiger partial charge in [-0.3, -0.25) is 0 Å². The molecule has 0 bridgehead atoms. The zero-order valence-corrected chi connectivity index (χ0v) is 18.2. The van der Waals surface area contributed by atoms with E-state index in [1.165, 1.54) is 0 Å². The number of fused-ring (bicyclic) bond motifs is 1. The lowest BCUT2D eigenvalue weighted by Crippen LogP contribution is -2.62. The van der Waals surface area contributed by atoms with Crippen molar-refractivity contribution in [2.45, 2.75) is 56.5 Å². The van der Waals surface area contributed by atoms with E-state index in [0.717, 1.165) is 12.1 Å². The maximum atomic E-state index is 13.9. The van der Waals surface area contributed by atoms with Crippen LogP contribution in [-0.2, 0) is 18.9 Å². The van der Waals surface area contributed by atoms with Crippen LogP contribution in [0.3, 0.4) is 0 Å². The summed E-state index contributed by atoms with van der Waals surface area (Å²) in [5.74, 6) is -2.56. The van der Waals surface area contributed by atoms with Crippen molar-refractivity contribution in [1.82, 2.24) is 15.0 Å². The minimum absolute atomic E-state index is 0.221. The van der Waals surface area contributed by atoms with E-state index in [9.17, 15) is 8.78 Å². The molecule has 2 aliphatic rings. The molecule has 2 aliphatic heterocycles. The number of ether oxygens (including phenoxy) is 4. The zero-order chi connectivity index (χ0) is 22.3. The van der Waals surface area contributed by atoms with Gasteiger partial charge in [0.25, 0.3) is 0 Å². The standard InChI is InChI=1S/C21H24ClF2N3O4/c1-5-6-15-19(28-4)18(20-16(30-15)10-29-21(2,3)31-20)27-9-14(25-26-27)11-7-12(23)17(22)13(24)8-11/h5,7-9,15-16,18-20H,1,6,10H2,2-4H3/t15-,16-,18-,19+,20+/m1/s1. The van der Waals surface area contributed by atoms with Crippen molar-refractivity contribution in [3.63, 3.8) is 0 Å². The number of benzene rings is 1. The SMILES string of the molecule is C=CC[C@H]1O[C@@H]2COC(C)(C)O[C@@H]2[C@H](n2cc(-c3cc(F)c(Cl)c(F)c3)nn2)[C@H]1OC. The summed E-state index contributed by atoms with van der Waals surface area (Å²) >= 11 is 5.59. The molecular formula is C21H24ClF2N3O4. The van der Waals surface area contributed by atoms with Gasteiger partial charge in [0.05, 0.1) is 18.9 Å². The summed E-state index contributed by atoms with van der Waals surface area (Å²) in [6.07, 6.45) is 2.39. The summed E-state index contributed by atoms with van der Waals surface area (Å²) in [5, 5.41) is 7.79. The first-order valence-electron chi connectivity index (χ1n) is 9.91. The molecule has 2 fully saturated rings. The number of hydrogen-bond acceptors (Lipinski definition) is 6. The maximum Gasteiger partial charge on any atom is 0.163 e. The van der Waals surface area contributed by atoms with Gasteiger partial charge >= 0.3 is 0 Å². The van der Waals surface area contributed by atoms with Gasteiger partial charge in [0.1, 0.15) is 46.7 Å². The van der Waals surface area contributed by atoms with E-state index in [-0.39, 0.29) is 17.8 Å². The van der Waals surface area contributed by atoms with Gasteiger partial charge < -0.3 is 18.9 Å². The second-order valence-corrected chi connectivity index (χ2v) is 8.44. The van der Waals surface area contributed by atoms with Crippen LogP contribution in [-0.4, -0.2) is 58.9 Å². The Kier molecular flexibility index (Phi) is 6.15. The average molecular weight is 456 g/mol. The topological polar surface area (TPSA) is 67.6 Å². The van der Waals surface area contributed by atoms with Crippen LogP contribution >= 0.6 is 11.6 Å². The number of hydrogen-bond donors (Lipinski definition) is 0. The van der Waals surface area contributed by atoms with Crippen molar-refractivity contribution >= 4 is 11.6 Å². The summed E-state index contributed by atoms with van der Waals surface area (Å²) in [7, 11) is 1.59. The molecule has 3 heterocycles. The Bertz CT molecular complexity index is 947. The smallest absolute Gasteiger partial charge is 0.163 e. The molecule has 1 aromatic carbocycles. The molecule has 10 heteroatoms. The molecule has 0 aliphatic carbocycles. The number of nitrogens with zero attached hydrogens (tertiary/aromatic N) is 3. The molecule has 7 nitrogen and oxygen atoms in total. The molecule has 2 aromatic rings. The monoisotopic (exact) mass is 455 g/mol. The van der Waals surface area contributed by atoms with E-state index in [4.69, 9.17) is 30.5 Å². The first kappa shape index (κ1) is 22.3. The zero-order valence-electron chi connectivity index (χ0n) is 17.4. The Balaban J connectivity index is 1.73. The molecule has 2 saturated heterocycles. The van der Waals surface area contributed by atoms with Crippen molar-refractivity contribution < 1.29 is 27.7 Å². The minimum Gasteiger partial charge on any atom is -0.376 e. The molecule has 0 N–H and O–H groups in total. The molecule has 0 amide bonds. The van der Waals surface area contributed by atoms with Gasteiger partial charge in [0.2, 0.25) is 0 Å². The van der Waals surface area contributed by atoms with Crippen LogP contribution in [0.2, 0.25) is 5.02 Å². The largest absolute Gasteiger partial charge is 0.376 e. The van der Waals surface area contributed by atoms with E-state index in [2.05, 4.69) is 16.9 Å². The predicted molar refractivity (Wildman–Crippen MR) is 109 cm³/mol. The summed E-state index contributed by atoms with van der Waals surface area (Å²) in [5.41, 5.74) is 0.512. The van der Waals surface area contributed by atoms with Gasteiger partial charge in [0, 0.05) is 12.7 Å². The lowest BCUT2D eigenvalue weighted by atomic mass is 9.90. The van der Waals surface area contributed by atoms with Crippen molar-refractivity contribution in [2.75, 3.05) is 13.7 Å². The molecule has 4 rings (SSSR count). The lowest BCUT2D eigenvalue weighted by Gasteiger charge is -2.51. The Labute approximate surface area is 183 Å². The third kappa shape index (κ3) is 4.25. The van der Waals surface area contributed by atoms with Gasteiger partial charge in [-0.05, 0) is 32.4 Å². The third-order valence-electron chi connectivity index (χ3n) is 5.54. The molecule has 0 saturated carbocycles. The van der Waals surface area contributed by atoms with Crippen molar-refractivity contribution in [3.05, 3.63) is 47.6 Å². The van der Waals surface area contributed by atoms with Crippen LogP contribution in [0.15, 0.2) is 31.0 Å². The molecule has 0 radical (unpaired) electrons. The second kappa shape index (κ2) is 8.55. The van der Waals surface area contributed by atoms with E-state index in [0.29, 0.717) is 18.7 Å². The van der Waals surface area contributed by atoms with E-state index >= 15 is 0 Å². The summed E-state index contributed by atoms with van der Waals surface area (Å²) in [6.45, 7) is 7.79. The molecule has 0 unspecified atom stereocenters. The molecule has 1 aromatic heterocycles. The van der Waals surface area contributed by atoms with Gasteiger partial charge in [0.15, 0.2) is 5.79 Å². The van der Waals surface area contributed by atoms with Crippen LogP contribution in [0.5, 0.6) is 0 Å². The van der Waals surface area contributed by atoms with Gasteiger partial charge in [-0.1, -0.05) is 22.9 Å². The Morgan fingerprint density at radius 2 is 2.06 bits per heavy atom. The predicted octanol–water partition coefficient (Wildman–Crippen LogP) is 3.93. The highest BCUT2D eigenvalue weighted by molar-refractivity contribution is 6.30. The number of halogens is 3. The van der Waals surface area contributed by atoms with Crippen molar-refractivity contribution in [2.24, 2.45) is 0 Å². The second-order valence-electron chi connectivity index (χ2n) is 8.06. The Hall–Kier alpha value is -1.91. The van der Waals surface area contributed by atoms with Gasteiger partial charge in [-0.25, -0.2) is 13.5 Å². The number of rotatable bonds is 5. The fourth-order valence-corrected chi connectivity index (χ4v) is 4.24. The maximum absolute atomic E-state index is 13.9. The molecular weight excluding hydrogens is 432 g/mol. The summed E-state index contributed by atoms with van der Waals surface area (Å²) < 4.78 is 53.4. The quantitative estimate of drug-likeness (QED) is 0.502.